The lowest BCUT2D eigenvalue weighted by atomic mass is 10.1. The molecule has 1 N–H and O–H groups in total. The maximum Gasteiger partial charge on any atom is 0.416 e. The maximum absolute atomic E-state index is 13.4. The van der Waals surface area contributed by atoms with Gasteiger partial charge in [0.2, 0.25) is 0 Å². The quantitative estimate of drug-likeness (QED) is 0.882. The Morgan fingerprint density at radius 1 is 1.19 bits per heavy atom. The Balaban J connectivity index is 2.45. The van der Waals surface area contributed by atoms with Crippen molar-refractivity contribution < 1.29 is 27.5 Å². The standard InChI is InChI=1S/C14H9F4NO2/c15-10-4-5-11(19-12(10)7-13(20)21)8-2-1-3-9(6-8)14(16,17)18/h1-6H,7H2,(H,20,21). The zero-order valence-electron chi connectivity index (χ0n) is 10.5. The van der Waals surface area contributed by atoms with Gasteiger partial charge in [0.05, 0.1) is 23.4 Å². The Kier molecular flexibility index (Phi) is 3.93. The van der Waals surface area contributed by atoms with Crippen molar-refractivity contribution in [3.05, 3.63) is 53.5 Å². The molecular weight excluding hydrogens is 290 g/mol. The van der Waals surface area contributed by atoms with Crippen LogP contribution in [0.25, 0.3) is 11.3 Å². The third kappa shape index (κ3) is 3.56. The van der Waals surface area contributed by atoms with E-state index >= 15 is 0 Å². The number of halogens is 4. The number of rotatable bonds is 3. The summed E-state index contributed by atoms with van der Waals surface area (Å²) in [5.41, 5.74) is -0.960. The zero-order chi connectivity index (χ0) is 15.6. The van der Waals surface area contributed by atoms with Crippen LogP contribution in [-0.4, -0.2) is 16.1 Å². The Bertz CT molecular complexity index is 683. The summed E-state index contributed by atoms with van der Waals surface area (Å²) in [6.07, 6.45) is -5.14. The number of nitrogens with zero attached hydrogens (tertiary/aromatic N) is 1. The Morgan fingerprint density at radius 3 is 2.52 bits per heavy atom. The number of carboxylic acid groups (broad SMARTS) is 1. The molecule has 1 heterocycles. The van der Waals surface area contributed by atoms with Gasteiger partial charge in [0.25, 0.3) is 0 Å². The molecule has 1 aromatic carbocycles. The van der Waals surface area contributed by atoms with Crippen molar-refractivity contribution in [2.75, 3.05) is 0 Å². The normalized spacial score (nSPS) is 11.4. The molecule has 0 amide bonds. The summed E-state index contributed by atoms with van der Waals surface area (Å²) < 4.78 is 51.3. The monoisotopic (exact) mass is 299 g/mol. The second-order valence-corrected chi connectivity index (χ2v) is 4.27. The van der Waals surface area contributed by atoms with Crippen LogP contribution in [0.3, 0.4) is 0 Å². The van der Waals surface area contributed by atoms with Crippen LogP contribution < -0.4 is 0 Å². The first kappa shape index (κ1) is 15.0. The van der Waals surface area contributed by atoms with Crippen molar-refractivity contribution in [1.82, 2.24) is 4.98 Å². The number of carbonyl (C=O) groups is 1. The lowest BCUT2D eigenvalue weighted by molar-refractivity contribution is -0.138. The highest BCUT2D eigenvalue weighted by Crippen LogP contribution is 2.31. The van der Waals surface area contributed by atoms with E-state index < -0.39 is 29.9 Å². The van der Waals surface area contributed by atoms with Gasteiger partial charge in [-0.1, -0.05) is 12.1 Å². The maximum atomic E-state index is 13.4. The van der Waals surface area contributed by atoms with E-state index in [2.05, 4.69) is 4.98 Å². The minimum Gasteiger partial charge on any atom is -0.481 e. The Labute approximate surface area is 116 Å². The number of benzene rings is 1. The molecule has 0 aliphatic carbocycles. The molecule has 3 nitrogen and oxygen atoms in total. The van der Waals surface area contributed by atoms with Crippen LogP contribution in [0.1, 0.15) is 11.3 Å². The van der Waals surface area contributed by atoms with E-state index in [9.17, 15) is 22.4 Å². The highest BCUT2D eigenvalue weighted by Gasteiger charge is 2.30. The summed E-state index contributed by atoms with van der Waals surface area (Å²) in [5, 5.41) is 8.65. The molecule has 0 bridgehead atoms. The Morgan fingerprint density at radius 2 is 1.90 bits per heavy atom. The van der Waals surface area contributed by atoms with Gasteiger partial charge in [0.15, 0.2) is 0 Å². The molecular formula is C14H9F4NO2. The number of alkyl halides is 3. The number of aliphatic carboxylic acids is 1. The van der Waals surface area contributed by atoms with E-state index in [0.717, 1.165) is 18.2 Å². The molecule has 0 spiro atoms. The van der Waals surface area contributed by atoms with Crippen LogP contribution >= 0.6 is 0 Å². The van der Waals surface area contributed by atoms with Crippen LogP contribution in [0.5, 0.6) is 0 Å². The molecule has 0 aliphatic rings. The van der Waals surface area contributed by atoms with Crippen molar-refractivity contribution in [3.8, 4) is 11.3 Å². The molecule has 0 saturated heterocycles. The molecule has 21 heavy (non-hydrogen) atoms. The minimum absolute atomic E-state index is 0.0822. The van der Waals surface area contributed by atoms with Crippen molar-refractivity contribution in [2.24, 2.45) is 0 Å². The van der Waals surface area contributed by atoms with E-state index in [4.69, 9.17) is 5.11 Å². The van der Waals surface area contributed by atoms with Crippen molar-refractivity contribution in [1.29, 1.82) is 0 Å². The van der Waals surface area contributed by atoms with Crippen molar-refractivity contribution in [2.45, 2.75) is 12.6 Å². The molecule has 110 valence electrons. The van der Waals surface area contributed by atoms with Crippen molar-refractivity contribution in [3.63, 3.8) is 0 Å². The molecule has 2 rings (SSSR count). The predicted molar refractivity (Wildman–Crippen MR) is 66.0 cm³/mol. The first-order valence-corrected chi connectivity index (χ1v) is 5.82. The van der Waals surface area contributed by atoms with Gasteiger partial charge in [-0.25, -0.2) is 9.37 Å². The van der Waals surface area contributed by atoms with Crippen LogP contribution in [0, 0.1) is 5.82 Å². The number of hydrogen-bond acceptors (Lipinski definition) is 2. The summed E-state index contributed by atoms with van der Waals surface area (Å²) in [6, 6.07) is 6.58. The highest BCUT2D eigenvalue weighted by atomic mass is 19.4. The molecule has 1 aromatic heterocycles. The first-order valence-electron chi connectivity index (χ1n) is 5.82. The molecule has 0 saturated carbocycles. The molecule has 0 unspecified atom stereocenters. The van der Waals surface area contributed by atoms with E-state index in [-0.39, 0.29) is 17.0 Å². The first-order chi connectivity index (χ1) is 9.77. The van der Waals surface area contributed by atoms with Crippen molar-refractivity contribution >= 4 is 5.97 Å². The number of aromatic nitrogens is 1. The van der Waals surface area contributed by atoms with E-state index in [0.29, 0.717) is 0 Å². The lowest BCUT2D eigenvalue weighted by Gasteiger charge is -2.09. The summed E-state index contributed by atoms with van der Waals surface area (Å²) in [6.45, 7) is 0. The van der Waals surface area contributed by atoms with Crippen LogP contribution in [0.2, 0.25) is 0 Å². The summed E-state index contributed by atoms with van der Waals surface area (Å²) >= 11 is 0. The average molecular weight is 299 g/mol. The molecule has 0 atom stereocenters. The van der Waals surface area contributed by atoms with Gasteiger partial charge < -0.3 is 5.11 Å². The second kappa shape index (κ2) is 5.51. The third-order valence-corrected chi connectivity index (χ3v) is 2.72. The van der Waals surface area contributed by atoms with E-state index in [1.807, 2.05) is 0 Å². The van der Waals surface area contributed by atoms with Crippen LogP contribution in [0.15, 0.2) is 36.4 Å². The lowest BCUT2D eigenvalue weighted by Crippen LogP contribution is -2.07. The van der Waals surface area contributed by atoms with Gasteiger partial charge in [-0.2, -0.15) is 13.2 Å². The van der Waals surface area contributed by atoms with E-state index in [1.54, 1.807) is 0 Å². The van der Waals surface area contributed by atoms with Gasteiger partial charge in [-0.05, 0) is 24.3 Å². The van der Waals surface area contributed by atoms with E-state index in [1.165, 1.54) is 18.2 Å². The van der Waals surface area contributed by atoms with Gasteiger partial charge in [0, 0.05) is 5.56 Å². The molecule has 0 radical (unpaired) electrons. The summed E-state index contributed by atoms with van der Waals surface area (Å²) in [4.78, 5) is 14.4. The number of carboxylic acids is 1. The van der Waals surface area contributed by atoms with Gasteiger partial charge in [-0.15, -0.1) is 0 Å². The zero-order valence-corrected chi connectivity index (χ0v) is 10.5. The molecule has 7 heteroatoms. The summed E-state index contributed by atoms with van der Waals surface area (Å²) in [7, 11) is 0. The fraction of sp³-hybridized carbons (Fsp3) is 0.143. The Hall–Kier alpha value is -2.44. The highest BCUT2D eigenvalue weighted by molar-refractivity contribution is 5.70. The third-order valence-electron chi connectivity index (χ3n) is 2.72. The molecule has 2 aromatic rings. The molecule has 0 aliphatic heterocycles. The average Bonchev–Trinajstić information content (AvgIpc) is 2.40. The predicted octanol–water partition coefficient (Wildman–Crippen LogP) is 3.53. The summed E-state index contributed by atoms with van der Waals surface area (Å²) in [5.74, 6) is -2.09. The van der Waals surface area contributed by atoms with Gasteiger partial charge in [-0.3, -0.25) is 4.79 Å². The minimum atomic E-state index is -4.50. The topological polar surface area (TPSA) is 50.2 Å². The number of hydrogen-bond donors (Lipinski definition) is 1. The SMILES string of the molecule is O=C(O)Cc1nc(-c2cccc(C(F)(F)F)c2)ccc1F. The van der Waals surface area contributed by atoms with Crippen LogP contribution in [-0.2, 0) is 17.4 Å². The fourth-order valence-corrected chi connectivity index (χ4v) is 1.77. The smallest absolute Gasteiger partial charge is 0.416 e. The molecule has 0 fully saturated rings. The fourth-order valence-electron chi connectivity index (χ4n) is 1.77. The second-order valence-electron chi connectivity index (χ2n) is 4.27. The largest absolute Gasteiger partial charge is 0.481 e. The van der Waals surface area contributed by atoms with Gasteiger partial charge in [0.1, 0.15) is 5.82 Å². The number of pyridine rings is 1. The van der Waals surface area contributed by atoms with Crippen LogP contribution in [0.4, 0.5) is 17.6 Å². The van der Waals surface area contributed by atoms with Gasteiger partial charge >= 0.3 is 12.1 Å².